The Kier molecular flexibility index (Phi) is 7.59. The van der Waals surface area contributed by atoms with Crippen LogP contribution in [0.25, 0.3) is 0 Å². The summed E-state index contributed by atoms with van der Waals surface area (Å²) in [6.45, 7) is 13.6. The van der Waals surface area contributed by atoms with E-state index >= 15 is 0 Å². The number of nitrogens with one attached hydrogen (secondary N) is 2. The molecular weight excluding hydrogens is 420 g/mol. The first-order chi connectivity index (χ1) is 14.8. The maximum atomic E-state index is 13.2. The van der Waals surface area contributed by atoms with Crippen LogP contribution in [0.4, 0.5) is 4.79 Å². The van der Waals surface area contributed by atoms with E-state index in [9.17, 15) is 24.3 Å². The summed E-state index contributed by atoms with van der Waals surface area (Å²) in [4.78, 5) is 50.8. The summed E-state index contributed by atoms with van der Waals surface area (Å²) >= 11 is 0. The molecule has 0 radical (unpaired) electrons. The quantitative estimate of drug-likeness (QED) is 0.283. The average molecular weight is 455 g/mol. The van der Waals surface area contributed by atoms with E-state index in [1.807, 2.05) is 0 Å². The van der Waals surface area contributed by atoms with Gasteiger partial charge in [0.05, 0.1) is 24.9 Å². The van der Waals surface area contributed by atoms with Crippen LogP contribution in [-0.2, 0) is 28.6 Å². The van der Waals surface area contributed by atoms with Crippen molar-refractivity contribution in [3.05, 3.63) is 12.8 Å². The van der Waals surface area contributed by atoms with Crippen molar-refractivity contribution in [1.29, 1.82) is 0 Å². The van der Waals surface area contributed by atoms with Crippen LogP contribution in [0.1, 0.15) is 48.0 Å². The van der Waals surface area contributed by atoms with E-state index in [1.54, 1.807) is 41.5 Å². The number of alkyl carbamates (subject to hydrolysis) is 1. The van der Waals surface area contributed by atoms with Crippen LogP contribution in [0.5, 0.6) is 0 Å². The third kappa shape index (κ3) is 5.23. The Labute approximate surface area is 188 Å². The van der Waals surface area contributed by atoms with Crippen molar-refractivity contribution >= 4 is 23.9 Å². The normalized spacial score (nSPS) is 29.4. The fourth-order valence-electron chi connectivity index (χ4n) is 4.45. The lowest BCUT2D eigenvalue weighted by Gasteiger charge is -2.34. The van der Waals surface area contributed by atoms with Gasteiger partial charge in [-0.1, -0.05) is 20.4 Å². The van der Waals surface area contributed by atoms with Crippen LogP contribution in [0.3, 0.4) is 0 Å². The molecule has 0 bridgehead atoms. The van der Waals surface area contributed by atoms with Gasteiger partial charge in [0.15, 0.2) is 0 Å². The van der Waals surface area contributed by atoms with E-state index in [-0.39, 0.29) is 18.9 Å². The fourth-order valence-corrected chi connectivity index (χ4v) is 4.45. The maximum absolute atomic E-state index is 13.2. The predicted molar refractivity (Wildman–Crippen MR) is 113 cm³/mol. The van der Waals surface area contributed by atoms with Crippen molar-refractivity contribution in [1.82, 2.24) is 10.6 Å². The molecule has 3 N–H and O–H groups in total. The molecule has 10 heteroatoms. The molecular formula is C22H34N2O8. The summed E-state index contributed by atoms with van der Waals surface area (Å²) < 4.78 is 15.3. The highest BCUT2D eigenvalue weighted by atomic mass is 16.6. The Morgan fingerprint density at radius 2 is 1.88 bits per heavy atom. The molecule has 0 aliphatic heterocycles. The molecule has 2 amide bonds. The van der Waals surface area contributed by atoms with Gasteiger partial charge in [-0.05, 0) is 33.6 Å². The van der Waals surface area contributed by atoms with E-state index in [0.29, 0.717) is 0 Å². The topological polar surface area (TPSA) is 140 Å². The number of aliphatic hydroxyl groups excluding tert-OH is 1. The third-order valence-corrected chi connectivity index (χ3v) is 5.70. The molecule has 2 aliphatic rings. The van der Waals surface area contributed by atoms with E-state index in [0.717, 1.165) is 6.26 Å². The molecule has 180 valence electrons. The summed E-state index contributed by atoms with van der Waals surface area (Å²) in [7, 11) is 0. The number of amides is 2. The lowest BCUT2D eigenvalue weighted by molar-refractivity contribution is -0.156. The summed E-state index contributed by atoms with van der Waals surface area (Å²) in [5, 5.41) is 15.8. The summed E-state index contributed by atoms with van der Waals surface area (Å²) in [6.07, 6.45) is -0.919. The smallest absolute Gasteiger partial charge is 0.408 e. The first-order valence-electron chi connectivity index (χ1n) is 10.8. The highest BCUT2D eigenvalue weighted by Gasteiger charge is 2.76. The Hall–Kier alpha value is -2.62. The molecule has 0 aromatic heterocycles. The molecule has 32 heavy (non-hydrogen) atoms. The Morgan fingerprint density at radius 1 is 1.25 bits per heavy atom. The minimum Gasteiger partial charge on any atom is -0.464 e. The minimum atomic E-state index is -1.62. The second kappa shape index (κ2) is 9.48. The number of rotatable bonds is 8. The molecule has 0 unspecified atom stereocenters. The highest BCUT2D eigenvalue weighted by molar-refractivity contribution is 5.94. The molecule has 0 heterocycles. The van der Waals surface area contributed by atoms with E-state index in [1.165, 1.54) is 0 Å². The second-order valence-corrected chi connectivity index (χ2v) is 9.55. The van der Waals surface area contributed by atoms with Gasteiger partial charge in [0.1, 0.15) is 17.2 Å². The molecule has 2 saturated carbocycles. The minimum absolute atomic E-state index is 0.0511. The number of ether oxygens (including phenoxy) is 3. The van der Waals surface area contributed by atoms with Crippen molar-refractivity contribution < 1.29 is 38.5 Å². The number of aliphatic hydroxyl groups is 1. The summed E-state index contributed by atoms with van der Waals surface area (Å²) in [5.41, 5.74) is -2.38. The van der Waals surface area contributed by atoms with E-state index in [2.05, 4.69) is 17.2 Å². The van der Waals surface area contributed by atoms with E-state index in [4.69, 9.17) is 14.2 Å². The molecule has 10 nitrogen and oxygen atoms in total. The van der Waals surface area contributed by atoms with Crippen molar-refractivity contribution in [2.45, 2.75) is 71.2 Å². The van der Waals surface area contributed by atoms with Crippen LogP contribution in [-0.4, -0.2) is 58.9 Å². The van der Waals surface area contributed by atoms with Gasteiger partial charge in [-0.2, -0.15) is 0 Å². The van der Waals surface area contributed by atoms with E-state index < -0.39 is 65.0 Å². The lowest BCUT2D eigenvalue weighted by atomic mass is 9.88. The van der Waals surface area contributed by atoms with Gasteiger partial charge in [-0.25, -0.2) is 9.59 Å². The number of fused-ring (bicyclic) bond motifs is 1. The van der Waals surface area contributed by atoms with Crippen molar-refractivity contribution in [2.75, 3.05) is 6.61 Å². The van der Waals surface area contributed by atoms with Crippen molar-refractivity contribution in [3.63, 3.8) is 0 Å². The van der Waals surface area contributed by atoms with Gasteiger partial charge in [0, 0.05) is 18.3 Å². The number of hydrogen-bond acceptors (Lipinski definition) is 8. The van der Waals surface area contributed by atoms with Crippen LogP contribution < -0.4 is 10.6 Å². The Bertz CT molecular complexity index is 774. The SMILES string of the molecule is C=COC(=O)[C@H]1[C@H]2[C@@H]1[C@@](NC(=O)[C@@H](NC(=O)OC(C)(C)C)C(C)C)(C(=O)OCC)C[C@@H]2O. The highest BCUT2D eigenvalue weighted by Crippen LogP contribution is 2.63. The molecule has 0 aromatic rings. The van der Waals surface area contributed by atoms with Crippen LogP contribution in [0.15, 0.2) is 12.8 Å². The predicted octanol–water partition coefficient (Wildman–Crippen LogP) is 1.27. The van der Waals surface area contributed by atoms with Crippen LogP contribution in [0.2, 0.25) is 0 Å². The Morgan fingerprint density at radius 3 is 2.38 bits per heavy atom. The van der Waals surface area contributed by atoms with Crippen LogP contribution >= 0.6 is 0 Å². The maximum Gasteiger partial charge on any atom is 0.408 e. The van der Waals surface area contributed by atoms with Gasteiger partial charge in [-0.3, -0.25) is 9.59 Å². The zero-order chi connectivity index (χ0) is 24.4. The van der Waals surface area contributed by atoms with Gasteiger partial charge < -0.3 is 30.0 Å². The van der Waals surface area contributed by atoms with Gasteiger partial charge in [0.25, 0.3) is 0 Å². The number of hydrogen-bond donors (Lipinski definition) is 3. The van der Waals surface area contributed by atoms with Crippen LogP contribution in [0, 0.1) is 23.7 Å². The number of carbonyl (C=O) groups excluding carboxylic acids is 4. The van der Waals surface area contributed by atoms with Gasteiger partial charge >= 0.3 is 18.0 Å². The average Bonchev–Trinajstić information content (AvgIpc) is 3.34. The van der Waals surface area contributed by atoms with Crippen molar-refractivity contribution in [3.8, 4) is 0 Å². The summed E-state index contributed by atoms with van der Waals surface area (Å²) in [5.74, 6) is -4.39. The first kappa shape index (κ1) is 25.6. The standard InChI is InChI=1S/C22H34N2O8/c1-8-30-18(27)14-13-12(25)10-22(15(13)14,19(28)31-9-2)24-17(26)16(11(3)4)23-20(29)32-21(5,6)7/h8,11-16,25H,1,9-10H2,2-7H3,(H,23,29)(H,24,26)/t12-,13-,14-,15-,16-,22+/m0/s1. The number of carbonyl (C=O) groups is 4. The summed E-state index contributed by atoms with van der Waals surface area (Å²) in [6, 6.07) is -1.02. The molecule has 0 aromatic carbocycles. The second-order valence-electron chi connectivity index (χ2n) is 9.55. The first-order valence-corrected chi connectivity index (χ1v) is 10.8. The number of esters is 2. The van der Waals surface area contributed by atoms with Crippen molar-refractivity contribution in [2.24, 2.45) is 23.7 Å². The zero-order valence-corrected chi connectivity index (χ0v) is 19.5. The largest absolute Gasteiger partial charge is 0.464 e. The molecule has 0 saturated heterocycles. The fraction of sp³-hybridized carbons (Fsp3) is 0.727. The molecule has 2 aliphatic carbocycles. The Balaban J connectivity index is 2.29. The molecule has 2 fully saturated rings. The van der Waals surface area contributed by atoms with Gasteiger partial charge in [-0.15, -0.1) is 0 Å². The lowest BCUT2D eigenvalue weighted by Crippen LogP contribution is -2.62. The monoisotopic (exact) mass is 454 g/mol. The molecule has 6 atom stereocenters. The van der Waals surface area contributed by atoms with Gasteiger partial charge in [0.2, 0.25) is 5.91 Å². The zero-order valence-electron chi connectivity index (χ0n) is 19.5. The molecule has 2 rings (SSSR count). The molecule has 0 spiro atoms. The third-order valence-electron chi connectivity index (χ3n) is 5.70.